The van der Waals surface area contributed by atoms with Gasteiger partial charge < -0.3 is 10.6 Å². The average Bonchev–Trinajstić information content (AvgIpc) is 2.68. The van der Waals surface area contributed by atoms with Crippen molar-refractivity contribution in [3.05, 3.63) is 28.7 Å². The van der Waals surface area contributed by atoms with E-state index in [2.05, 4.69) is 26.6 Å². The summed E-state index contributed by atoms with van der Waals surface area (Å²) in [5.74, 6) is -0.231. The van der Waals surface area contributed by atoms with Crippen molar-refractivity contribution < 1.29 is 9.59 Å². The molecule has 0 saturated carbocycles. The quantitative estimate of drug-likeness (QED) is 0.867. The number of hydrogen-bond donors (Lipinski definition) is 2. The highest BCUT2D eigenvalue weighted by atomic mass is 79.9. The van der Waals surface area contributed by atoms with E-state index in [0.717, 1.165) is 4.47 Å². The minimum Gasteiger partial charge on any atom is -0.344 e. The van der Waals surface area contributed by atoms with Gasteiger partial charge in [-0.25, -0.2) is 0 Å². The molecule has 4 nitrogen and oxygen atoms in total. The van der Waals surface area contributed by atoms with E-state index in [4.69, 9.17) is 0 Å². The van der Waals surface area contributed by atoms with Crippen LogP contribution in [-0.4, -0.2) is 17.9 Å². The number of benzene rings is 1. The van der Waals surface area contributed by atoms with Crippen LogP contribution in [0.15, 0.2) is 28.7 Å². The molecule has 1 saturated heterocycles. The first-order chi connectivity index (χ1) is 7.66. The number of anilines is 1. The minimum absolute atomic E-state index is 0.0627. The van der Waals surface area contributed by atoms with E-state index in [1.165, 1.54) is 0 Å². The van der Waals surface area contributed by atoms with Gasteiger partial charge in [-0.15, -0.1) is 0 Å². The smallest absolute Gasteiger partial charge is 0.246 e. The molecule has 16 heavy (non-hydrogen) atoms. The Morgan fingerprint density at radius 1 is 1.44 bits per heavy atom. The van der Waals surface area contributed by atoms with E-state index in [0.29, 0.717) is 18.5 Å². The molecule has 1 aliphatic heterocycles. The average molecular weight is 283 g/mol. The summed E-state index contributed by atoms with van der Waals surface area (Å²) in [5, 5.41) is 5.40. The molecule has 1 atom stereocenters. The van der Waals surface area contributed by atoms with Gasteiger partial charge in [0.05, 0.1) is 5.69 Å². The zero-order valence-electron chi connectivity index (χ0n) is 8.50. The molecule has 2 amide bonds. The fourth-order valence-corrected chi connectivity index (χ4v) is 1.98. The fraction of sp³-hybridized carbons (Fsp3) is 0.273. The van der Waals surface area contributed by atoms with E-state index < -0.39 is 6.04 Å². The van der Waals surface area contributed by atoms with E-state index in [9.17, 15) is 9.59 Å². The van der Waals surface area contributed by atoms with Crippen LogP contribution in [0.5, 0.6) is 0 Å². The van der Waals surface area contributed by atoms with E-state index in [1.807, 2.05) is 18.2 Å². The summed E-state index contributed by atoms with van der Waals surface area (Å²) in [5.41, 5.74) is 0.716. The predicted octanol–water partition coefficient (Wildman–Crippen LogP) is 1.67. The third-order valence-corrected chi connectivity index (χ3v) is 3.14. The maximum atomic E-state index is 11.8. The summed E-state index contributed by atoms with van der Waals surface area (Å²) in [6.07, 6.45) is 0.989. The van der Waals surface area contributed by atoms with Crippen LogP contribution in [0.3, 0.4) is 0 Å². The third kappa shape index (κ3) is 2.41. The molecule has 1 aromatic carbocycles. The number of rotatable bonds is 2. The van der Waals surface area contributed by atoms with Crippen LogP contribution in [0.1, 0.15) is 12.8 Å². The van der Waals surface area contributed by atoms with Gasteiger partial charge in [0, 0.05) is 10.9 Å². The number of nitrogens with one attached hydrogen (secondary N) is 2. The number of carbonyl (C=O) groups excluding carboxylic acids is 2. The molecule has 2 rings (SSSR count). The first-order valence-corrected chi connectivity index (χ1v) is 5.81. The maximum absolute atomic E-state index is 11.8. The van der Waals surface area contributed by atoms with Gasteiger partial charge in [0.1, 0.15) is 6.04 Å². The molecular weight excluding hydrogens is 272 g/mol. The van der Waals surface area contributed by atoms with Crippen LogP contribution in [0.25, 0.3) is 0 Å². The molecular formula is C11H11BrN2O2. The monoisotopic (exact) mass is 282 g/mol. The molecule has 0 aromatic heterocycles. The van der Waals surface area contributed by atoms with Gasteiger partial charge in [-0.05, 0) is 34.5 Å². The van der Waals surface area contributed by atoms with E-state index in [1.54, 1.807) is 6.07 Å². The second-order valence-corrected chi connectivity index (χ2v) is 4.48. The SMILES string of the molecule is O=C1CC[C@H](C(=O)Nc2ccccc2Br)N1. The van der Waals surface area contributed by atoms with Crippen molar-refractivity contribution in [1.29, 1.82) is 0 Å². The Bertz CT molecular complexity index is 434. The van der Waals surface area contributed by atoms with Crippen molar-refractivity contribution in [2.24, 2.45) is 0 Å². The lowest BCUT2D eigenvalue weighted by Crippen LogP contribution is -2.37. The predicted molar refractivity (Wildman–Crippen MR) is 63.9 cm³/mol. The lowest BCUT2D eigenvalue weighted by molar-refractivity contribution is -0.122. The van der Waals surface area contributed by atoms with Gasteiger partial charge >= 0.3 is 0 Å². The number of para-hydroxylation sites is 1. The number of amides is 2. The van der Waals surface area contributed by atoms with Crippen LogP contribution in [0.2, 0.25) is 0 Å². The summed E-state index contributed by atoms with van der Waals surface area (Å²) in [6.45, 7) is 0. The van der Waals surface area contributed by atoms with E-state index >= 15 is 0 Å². The molecule has 0 aliphatic carbocycles. The van der Waals surface area contributed by atoms with Crippen molar-refractivity contribution in [2.75, 3.05) is 5.32 Å². The second-order valence-electron chi connectivity index (χ2n) is 3.63. The highest BCUT2D eigenvalue weighted by molar-refractivity contribution is 9.10. The summed E-state index contributed by atoms with van der Waals surface area (Å²) >= 11 is 3.34. The fourth-order valence-electron chi connectivity index (χ4n) is 1.59. The first-order valence-electron chi connectivity index (χ1n) is 5.01. The highest BCUT2D eigenvalue weighted by Gasteiger charge is 2.27. The molecule has 84 valence electrons. The van der Waals surface area contributed by atoms with Crippen LogP contribution >= 0.6 is 15.9 Å². The molecule has 0 radical (unpaired) electrons. The number of halogens is 1. The Morgan fingerprint density at radius 2 is 2.19 bits per heavy atom. The minimum atomic E-state index is -0.403. The van der Waals surface area contributed by atoms with Crippen molar-refractivity contribution in [1.82, 2.24) is 5.32 Å². The van der Waals surface area contributed by atoms with Crippen LogP contribution < -0.4 is 10.6 Å². The lowest BCUT2D eigenvalue weighted by Gasteiger charge is -2.11. The molecule has 1 aliphatic rings. The van der Waals surface area contributed by atoms with Crippen molar-refractivity contribution >= 4 is 33.4 Å². The van der Waals surface area contributed by atoms with E-state index in [-0.39, 0.29) is 11.8 Å². The molecule has 1 fully saturated rings. The normalized spacial score (nSPS) is 19.3. The summed E-state index contributed by atoms with van der Waals surface area (Å²) in [7, 11) is 0. The number of carbonyl (C=O) groups is 2. The maximum Gasteiger partial charge on any atom is 0.246 e. The van der Waals surface area contributed by atoms with Gasteiger partial charge in [0.2, 0.25) is 11.8 Å². The highest BCUT2D eigenvalue weighted by Crippen LogP contribution is 2.21. The molecule has 0 unspecified atom stereocenters. The molecule has 0 spiro atoms. The van der Waals surface area contributed by atoms with Gasteiger partial charge in [-0.2, -0.15) is 0 Å². The lowest BCUT2D eigenvalue weighted by atomic mass is 10.2. The van der Waals surface area contributed by atoms with Crippen LogP contribution in [0.4, 0.5) is 5.69 Å². The summed E-state index contributed by atoms with van der Waals surface area (Å²) in [4.78, 5) is 22.7. The Morgan fingerprint density at radius 3 is 2.81 bits per heavy atom. The van der Waals surface area contributed by atoms with Gasteiger partial charge in [0.25, 0.3) is 0 Å². The molecule has 5 heteroatoms. The topological polar surface area (TPSA) is 58.2 Å². The standard InChI is InChI=1S/C11H11BrN2O2/c12-7-3-1-2-4-8(7)14-11(16)9-5-6-10(15)13-9/h1-4,9H,5-6H2,(H,13,15)(H,14,16)/t9-/m1/s1. The molecule has 1 aromatic rings. The van der Waals surface area contributed by atoms with Crippen molar-refractivity contribution in [3.8, 4) is 0 Å². The number of hydrogen-bond acceptors (Lipinski definition) is 2. The van der Waals surface area contributed by atoms with Crippen molar-refractivity contribution in [2.45, 2.75) is 18.9 Å². The van der Waals surface area contributed by atoms with Crippen LogP contribution in [-0.2, 0) is 9.59 Å². The molecule has 1 heterocycles. The largest absolute Gasteiger partial charge is 0.344 e. The Balaban J connectivity index is 2.03. The Labute approximate surface area is 102 Å². The van der Waals surface area contributed by atoms with Crippen molar-refractivity contribution in [3.63, 3.8) is 0 Å². The van der Waals surface area contributed by atoms with Crippen LogP contribution in [0, 0.1) is 0 Å². The Kier molecular flexibility index (Phi) is 3.24. The molecule has 0 bridgehead atoms. The third-order valence-electron chi connectivity index (χ3n) is 2.44. The Hall–Kier alpha value is -1.36. The second kappa shape index (κ2) is 4.65. The van der Waals surface area contributed by atoms with Gasteiger partial charge in [-0.3, -0.25) is 9.59 Å². The first kappa shape index (κ1) is 11.1. The summed E-state index contributed by atoms with van der Waals surface area (Å²) in [6, 6.07) is 6.96. The zero-order valence-corrected chi connectivity index (χ0v) is 10.1. The molecule has 2 N–H and O–H groups in total. The summed E-state index contributed by atoms with van der Waals surface area (Å²) < 4.78 is 0.827. The zero-order chi connectivity index (χ0) is 11.5. The van der Waals surface area contributed by atoms with Gasteiger partial charge in [-0.1, -0.05) is 12.1 Å². The van der Waals surface area contributed by atoms with Gasteiger partial charge in [0.15, 0.2) is 0 Å².